The molecule has 7 nitrogen and oxygen atoms in total. The number of likely N-dealkylation sites (tertiary alicyclic amines) is 2. The van der Waals surface area contributed by atoms with Gasteiger partial charge in [-0.05, 0) is 55.7 Å². The quantitative estimate of drug-likeness (QED) is 0.776. The molecule has 2 amide bonds. The Labute approximate surface area is 178 Å². The van der Waals surface area contributed by atoms with Gasteiger partial charge in [0.2, 0.25) is 11.8 Å². The summed E-state index contributed by atoms with van der Waals surface area (Å²) in [6.45, 7) is 2.26. The zero-order valence-corrected chi connectivity index (χ0v) is 17.1. The summed E-state index contributed by atoms with van der Waals surface area (Å²) in [5.74, 6) is -1.54. The Hall–Kier alpha value is -2.65. The molecule has 0 unspecified atom stereocenters. The minimum Gasteiger partial charge on any atom is -0.475 e. The van der Waals surface area contributed by atoms with Gasteiger partial charge in [0.15, 0.2) is 0 Å². The van der Waals surface area contributed by atoms with Gasteiger partial charge in [-0.2, -0.15) is 13.2 Å². The third-order valence-corrected chi connectivity index (χ3v) is 6.22. The molecule has 10 heteroatoms. The number of carboxylic acid groups (broad SMARTS) is 1. The number of aromatic nitrogens is 1. The molecule has 2 saturated heterocycles. The molecule has 2 aliphatic heterocycles. The van der Waals surface area contributed by atoms with E-state index in [4.69, 9.17) is 9.90 Å². The predicted octanol–water partition coefficient (Wildman–Crippen LogP) is 3.00. The van der Waals surface area contributed by atoms with E-state index in [-0.39, 0.29) is 11.4 Å². The number of amides is 2. The topological polar surface area (TPSA) is 90.8 Å². The second-order valence-electron chi connectivity index (χ2n) is 8.39. The van der Waals surface area contributed by atoms with Gasteiger partial charge < -0.3 is 14.9 Å². The van der Waals surface area contributed by atoms with E-state index in [1.54, 1.807) is 12.4 Å². The number of rotatable bonds is 4. The van der Waals surface area contributed by atoms with Gasteiger partial charge in [0.25, 0.3) is 0 Å². The molecule has 3 heterocycles. The van der Waals surface area contributed by atoms with Crippen LogP contribution in [0.15, 0.2) is 24.5 Å². The van der Waals surface area contributed by atoms with Crippen molar-refractivity contribution in [3.63, 3.8) is 0 Å². The molecule has 4 rings (SSSR count). The molecular formula is C21H26F3N3O4. The lowest BCUT2D eigenvalue weighted by Crippen LogP contribution is -2.53. The van der Waals surface area contributed by atoms with Crippen LogP contribution in [0.5, 0.6) is 0 Å². The summed E-state index contributed by atoms with van der Waals surface area (Å²) in [4.78, 5) is 41.8. The van der Waals surface area contributed by atoms with Gasteiger partial charge >= 0.3 is 12.1 Å². The Kier molecular flexibility index (Phi) is 6.86. The lowest BCUT2D eigenvalue weighted by molar-refractivity contribution is -0.192. The summed E-state index contributed by atoms with van der Waals surface area (Å²) in [5, 5.41) is 7.12. The Morgan fingerprint density at radius 1 is 1.13 bits per heavy atom. The van der Waals surface area contributed by atoms with Crippen molar-refractivity contribution in [2.45, 2.75) is 63.2 Å². The molecule has 0 atom stereocenters. The lowest BCUT2D eigenvalue weighted by Gasteiger charge is -2.45. The summed E-state index contributed by atoms with van der Waals surface area (Å²) >= 11 is 0. The van der Waals surface area contributed by atoms with Crippen LogP contribution in [-0.2, 0) is 20.9 Å². The van der Waals surface area contributed by atoms with E-state index in [9.17, 15) is 22.8 Å². The number of pyridine rings is 1. The highest BCUT2D eigenvalue weighted by molar-refractivity contribution is 5.80. The highest BCUT2D eigenvalue weighted by Gasteiger charge is 2.47. The van der Waals surface area contributed by atoms with Crippen LogP contribution in [0.25, 0.3) is 0 Å². The number of aliphatic carboxylic acids is 1. The third-order valence-electron chi connectivity index (χ3n) is 6.22. The van der Waals surface area contributed by atoms with Gasteiger partial charge in [-0.15, -0.1) is 0 Å². The molecule has 31 heavy (non-hydrogen) atoms. The third kappa shape index (κ3) is 5.95. The van der Waals surface area contributed by atoms with Crippen molar-refractivity contribution >= 4 is 17.8 Å². The first-order chi connectivity index (χ1) is 14.6. The van der Waals surface area contributed by atoms with Crippen molar-refractivity contribution in [2.75, 3.05) is 13.1 Å². The van der Waals surface area contributed by atoms with Gasteiger partial charge in [0, 0.05) is 50.4 Å². The van der Waals surface area contributed by atoms with E-state index in [0.717, 1.165) is 44.3 Å². The van der Waals surface area contributed by atoms with Crippen LogP contribution >= 0.6 is 0 Å². The zero-order valence-electron chi connectivity index (χ0n) is 17.1. The van der Waals surface area contributed by atoms with Crippen molar-refractivity contribution in [2.24, 2.45) is 5.92 Å². The molecule has 1 N–H and O–H groups in total. The van der Waals surface area contributed by atoms with Crippen LogP contribution in [0, 0.1) is 5.92 Å². The predicted molar refractivity (Wildman–Crippen MR) is 104 cm³/mol. The van der Waals surface area contributed by atoms with Crippen LogP contribution in [0.3, 0.4) is 0 Å². The van der Waals surface area contributed by atoms with E-state index >= 15 is 0 Å². The number of hydrogen-bond acceptors (Lipinski definition) is 4. The van der Waals surface area contributed by atoms with Gasteiger partial charge in [-0.1, -0.05) is 0 Å². The van der Waals surface area contributed by atoms with Crippen LogP contribution < -0.4 is 0 Å². The number of halogens is 3. The second kappa shape index (κ2) is 9.23. The fraction of sp³-hybridized carbons (Fsp3) is 0.619. The smallest absolute Gasteiger partial charge is 0.475 e. The maximum Gasteiger partial charge on any atom is 0.490 e. The first-order valence-electron chi connectivity index (χ1n) is 10.4. The molecule has 0 bridgehead atoms. The van der Waals surface area contributed by atoms with E-state index in [0.29, 0.717) is 24.8 Å². The molecule has 1 aromatic rings. The fourth-order valence-electron chi connectivity index (χ4n) is 4.19. The van der Waals surface area contributed by atoms with Gasteiger partial charge in [-0.25, -0.2) is 4.79 Å². The minimum absolute atomic E-state index is 0.0449. The number of carbonyl (C=O) groups excluding carboxylic acids is 2. The molecule has 1 spiro atoms. The zero-order chi connectivity index (χ0) is 22.6. The number of hydrogen-bond donors (Lipinski definition) is 1. The number of nitrogens with zero attached hydrogens (tertiary/aromatic N) is 3. The molecular weight excluding hydrogens is 415 g/mol. The first-order valence-corrected chi connectivity index (χ1v) is 10.4. The highest BCUT2D eigenvalue weighted by Crippen LogP contribution is 2.41. The fourth-order valence-corrected chi connectivity index (χ4v) is 4.19. The van der Waals surface area contributed by atoms with Crippen LogP contribution in [0.1, 0.15) is 50.5 Å². The Bertz CT molecular complexity index is 804. The molecule has 1 aliphatic carbocycles. The molecule has 170 valence electrons. The SMILES string of the molecule is O=C(CC1CC1)N1CCC2(CCC(=O)N2Cc2ccncc2)CC1.O=C(O)C(F)(F)F. The summed E-state index contributed by atoms with van der Waals surface area (Å²) in [5.41, 5.74) is 1.09. The van der Waals surface area contributed by atoms with E-state index < -0.39 is 12.1 Å². The van der Waals surface area contributed by atoms with Gasteiger partial charge in [0.1, 0.15) is 0 Å². The highest BCUT2D eigenvalue weighted by atomic mass is 19.4. The summed E-state index contributed by atoms with van der Waals surface area (Å²) in [6, 6.07) is 3.96. The average Bonchev–Trinajstić information content (AvgIpc) is 3.50. The molecule has 3 fully saturated rings. The normalized spacial score (nSPS) is 20.4. The van der Waals surface area contributed by atoms with Crippen molar-refractivity contribution in [3.05, 3.63) is 30.1 Å². The summed E-state index contributed by atoms with van der Waals surface area (Å²) in [6.07, 6.45) is 5.05. The molecule has 0 radical (unpaired) electrons. The van der Waals surface area contributed by atoms with Crippen LogP contribution in [-0.4, -0.2) is 62.5 Å². The van der Waals surface area contributed by atoms with Crippen molar-refractivity contribution < 1.29 is 32.7 Å². The second-order valence-corrected chi connectivity index (χ2v) is 8.39. The number of alkyl halides is 3. The number of piperidine rings is 1. The van der Waals surface area contributed by atoms with E-state index in [1.165, 1.54) is 12.8 Å². The van der Waals surface area contributed by atoms with Crippen molar-refractivity contribution in [3.8, 4) is 0 Å². The molecule has 1 aromatic heterocycles. The van der Waals surface area contributed by atoms with Crippen molar-refractivity contribution in [1.82, 2.24) is 14.8 Å². The van der Waals surface area contributed by atoms with Crippen LogP contribution in [0.2, 0.25) is 0 Å². The maximum absolute atomic E-state index is 12.5. The van der Waals surface area contributed by atoms with E-state index in [1.807, 2.05) is 17.0 Å². The lowest BCUT2D eigenvalue weighted by atomic mass is 9.84. The Balaban J connectivity index is 0.000000339. The average molecular weight is 441 g/mol. The Morgan fingerprint density at radius 2 is 1.71 bits per heavy atom. The number of carboxylic acids is 1. The van der Waals surface area contributed by atoms with Crippen molar-refractivity contribution in [1.29, 1.82) is 0 Å². The van der Waals surface area contributed by atoms with Crippen LogP contribution in [0.4, 0.5) is 13.2 Å². The molecule has 0 aromatic carbocycles. The first kappa shape index (κ1) is 23.0. The maximum atomic E-state index is 12.5. The summed E-state index contributed by atoms with van der Waals surface area (Å²) < 4.78 is 31.7. The monoisotopic (exact) mass is 441 g/mol. The van der Waals surface area contributed by atoms with Gasteiger partial charge in [0.05, 0.1) is 0 Å². The largest absolute Gasteiger partial charge is 0.490 e. The van der Waals surface area contributed by atoms with E-state index in [2.05, 4.69) is 9.88 Å². The minimum atomic E-state index is -5.08. The molecule has 1 saturated carbocycles. The molecule has 3 aliphatic rings. The Morgan fingerprint density at radius 3 is 2.23 bits per heavy atom. The summed E-state index contributed by atoms with van der Waals surface area (Å²) in [7, 11) is 0. The number of carbonyl (C=O) groups is 3. The standard InChI is InChI=1S/C19H25N3O2.C2HF3O2/c23-17-3-6-19(22(17)14-16-4-9-20-10-5-16)7-11-21(12-8-19)18(24)13-15-1-2-15;3-2(4,5)1(6)7/h4-5,9-10,15H,1-3,6-8,11-14H2;(H,6,7). The van der Waals surface area contributed by atoms with Gasteiger partial charge in [-0.3, -0.25) is 14.6 Å².